The van der Waals surface area contributed by atoms with Gasteiger partial charge in [-0.05, 0) is 18.3 Å². The Bertz CT molecular complexity index is 299. The van der Waals surface area contributed by atoms with Gasteiger partial charge in [0.05, 0.1) is 0 Å². The van der Waals surface area contributed by atoms with Crippen LogP contribution in [0.4, 0.5) is 0 Å². The Labute approximate surface area is 164 Å². The van der Waals surface area contributed by atoms with Crippen LogP contribution in [0.1, 0.15) is 136 Å². The summed E-state index contributed by atoms with van der Waals surface area (Å²) in [5.41, 5.74) is 0. The highest BCUT2D eigenvalue weighted by Crippen LogP contribution is 2.19. The molecule has 0 rings (SSSR count). The summed E-state index contributed by atoms with van der Waals surface area (Å²) in [5, 5.41) is 8.58. The SMILES string of the molecule is CC(C)CCCCC(C)CCCCCCCCCCCCCCC(=O)O. The van der Waals surface area contributed by atoms with E-state index in [2.05, 4.69) is 20.8 Å². The molecule has 0 heterocycles. The van der Waals surface area contributed by atoms with Crippen molar-refractivity contribution >= 4 is 5.97 Å². The van der Waals surface area contributed by atoms with Crippen LogP contribution >= 0.6 is 0 Å². The Morgan fingerprint density at radius 2 is 0.923 bits per heavy atom. The number of rotatable bonds is 20. The van der Waals surface area contributed by atoms with E-state index in [0.29, 0.717) is 6.42 Å². The monoisotopic (exact) mass is 368 g/mol. The molecule has 0 saturated heterocycles. The zero-order valence-electron chi connectivity index (χ0n) is 18.2. The number of carboxylic acid groups (broad SMARTS) is 1. The fraction of sp³-hybridized carbons (Fsp3) is 0.958. The van der Waals surface area contributed by atoms with E-state index in [9.17, 15) is 4.79 Å². The first kappa shape index (κ1) is 25.5. The lowest BCUT2D eigenvalue weighted by atomic mass is 9.95. The lowest BCUT2D eigenvalue weighted by Gasteiger charge is -2.11. The van der Waals surface area contributed by atoms with E-state index in [1.54, 1.807) is 0 Å². The minimum absolute atomic E-state index is 0.344. The zero-order valence-corrected chi connectivity index (χ0v) is 18.2. The van der Waals surface area contributed by atoms with Crippen molar-refractivity contribution in [3.63, 3.8) is 0 Å². The molecule has 26 heavy (non-hydrogen) atoms. The first-order valence-corrected chi connectivity index (χ1v) is 11.7. The maximum atomic E-state index is 10.4. The van der Waals surface area contributed by atoms with E-state index in [4.69, 9.17) is 5.11 Å². The number of hydrogen-bond donors (Lipinski definition) is 1. The summed E-state index contributed by atoms with van der Waals surface area (Å²) in [7, 11) is 0. The molecule has 0 spiro atoms. The van der Waals surface area contributed by atoms with E-state index in [1.807, 2.05) is 0 Å². The van der Waals surface area contributed by atoms with E-state index in [0.717, 1.165) is 24.7 Å². The molecule has 156 valence electrons. The number of carboxylic acids is 1. The van der Waals surface area contributed by atoms with Gasteiger partial charge in [-0.15, -0.1) is 0 Å². The average molecular weight is 369 g/mol. The van der Waals surface area contributed by atoms with Crippen LogP contribution in [-0.2, 0) is 4.79 Å². The van der Waals surface area contributed by atoms with Gasteiger partial charge in [0.2, 0.25) is 0 Å². The van der Waals surface area contributed by atoms with Crippen molar-refractivity contribution in [3.8, 4) is 0 Å². The molecule has 1 N–H and O–H groups in total. The second kappa shape index (κ2) is 19.2. The maximum absolute atomic E-state index is 10.4. The molecule has 0 aromatic rings. The van der Waals surface area contributed by atoms with Gasteiger partial charge in [0.25, 0.3) is 0 Å². The molecular weight excluding hydrogens is 320 g/mol. The molecule has 0 aromatic carbocycles. The molecule has 0 aliphatic heterocycles. The van der Waals surface area contributed by atoms with E-state index in [-0.39, 0.29) is 0 Å². The third-order valence-electron chi connectivity index (χ3n) is 5.57. The Morgan fingerprint density at radius 1 is 0.577 bits per heavy atom. The molecule has 0 amide bonds. The van der Waals surface area contributed by atoms with Crippen LogP contribution < -0.4 is 0 Å². The summed E-state index contributed by atoms with van der Waals surface area (Å²) in [6, 6.07) is 0. The van der Waals surface area contributed by atoms with Gasteiger partial charge < -0.3 is 5.11 Å². The molecule has 0 aliphatic carbocycles. The molecule has 0 bridgehead atoms. The van der Waals surface area contributed by atoms with Crippen molar-refractivity contribution in [1.82, 2.24) is 0 Å². The quantitative estimate of drug-likeness (QED) is 0.219. The lowest BCUT2D eigenvalue weighted by Crippen LogP contribution is -1.96. The summed E-state index contributed by atoms with van der Waals surface area (Å²) in [5.74, 6) is 1.15. The van der Waals surface area contributed by atoms with E-state index >= 15 is 0 Å². The molecule has 1 atom stereocenters. The van der Waals surface area contributed by atoms with Gasteiger partial charge in [0.1, 0.15) is 0 Å². The molecule has 2 heteroatoms. The van der Waals surface area contributed by atoms with Gasteiger partial charge in [0.15, 0.2) is 0 Å². The fourth-order valence-corrected chi connectivity index (χ4v) is 3.73. The molecule has 0 aromatic heterocycles. The summed E-state index contributed by atoms with van der Waals surface area (Å²) in [6.45, 7) is 7.10. The number of hydrogen-bond acceptors (Lipinski definition) is 1. The predicted molar refractivity (Wildman–Crippen MR) is 115 cm³/mol. The third-order valence-corrected chi connectivity index (χ3v) is 5.57. The van der Waals surface area contributed by atoms with Crippen LogP contribution in [-0.4, -0.2) is 11.1 Å². The minimum Gasteiger partial charge on any atom is -0.481 e. The normalized spacial score (nSPS) is 12.6. The highest BCUT2D eigenvalue weighted by molar-refractivity contribution is 5.66. The number of carbonyl (C=O) groups is 1. The number of unbranched alkanes of at least 4 members (excludes halogenated alkanes) is 12. The third kappa shape index (κ3) is 21.5. The van der Waals surface area contributed by atoms with Crippen LogP contribution in [0.5, 0.6) is 0 Å². The smallest absolute Gasteiger partial charge is 0.303 e. The van der Waals surface area contributed by atoms with Gasteiger partial charge in [-0.1, -0.05) is 124 Å². The van der Waals surface area contributed by atoms with Crippen molar-refractivity contribution in [1.29, 1.82) is 0 Å². The van der Waals surface area contributed by atoms with Crippen molar-refractivity contribution in [2.24, 2.45) is 11.8 Å². The second-order valence-electron chi connectivity index (χ2n) is 8.96. The largest absolute Gasteiger partial charge is 0.481 e. The average Bonchev–Trinajstić information content (AvgIpc) is 2.58. The Kier molecular flexibility index (Phi) is 18.8. The van der Waals surface area contributed by atoms with Gasteiger partial charge in [-0.3, -0.25) is 4.79 Å². The van der Waals surface area contributed by atoms with Crippen LogP contribution in [0.15, 0.2) is 0 Å². The van der Waals surface area contributed by atoms with Gasteiger partial charge >= 0.3 is 5.97 Å². The summed E-state index contributed by atoms with van der Waals surface area (Å²) >= 11 is 0. The highest BCUT2D eigenvalue weighted by Gasteiger charge is 2.03. The molecule has 2 nitrogen and oxygen atoms in total. The zero-order chi connectivity index (χ0) is 19.5. The van der Waals surface area contributed by atoms with Crippen LogP contribution in [0.25, 0.3) is 0 Å². The summed E-state index contributed by atoms with van der Waals surface area (Å²) in [6.07, 6.45) is 23.1. The first-order valence-electron chi connectivity index (χ1n) is 11.7. The number of aliphatic carboxylic acids is 1. The second-order valence-corrected chi connectivity index (χ2v) is 8.96. The van der Waals surface area contributed by atoms with Crippen molar-refractivity contribution < 1.29 is 9.90 Å². The topological polar surface area (TPSA) is 37.3 Å². The molecule has 1 unspecified atom stereocenters. The Balaban J connectivity index is 3.13. The van der Waals surface area contributed by atoms with Gasteiger partial charge in [0, 0.05) is 6.42 Å². The minimum atomic E-state index is -0.652. The van der Waals surface area contributed by atoms with Crippen LogP contribution in [0.3, 0.4) is 0 Å². The molecule has 0 radical (unpaired) electrons. The van der Waals surface area contributed by atoms with Crippen molar-refractivity contribution in [2.75, 3.05) is 0 Å². The van der Waals surface area contributed by atoms with Crippen molar-refractivity contribution in [3.05, 3.63) is 0 Å². The molecule has 0 saturated carbocycles. The fourth-order valence-electron chi connectivity index (χ4n) is 3.73. The van der Waals surface area contributed by atoms with Crippen molar-refractivity contribution in [2.45, 2.75) is 136 Å². The van der Waals surface area contributed by atoms with Gasteiger partial charge in [-0.2, -0.15) is 0 Å². The molecular formula is C24H48O2. The van der Waals surface area contributed by atoms with E-state index < -0.39 is 5.97 Å². The summed E-state index contributed by atoms with van der Waals surface area (Å²) in [4.78, 5) is 10.4. The van der Waals surface area contributed by atoms with Crippen LogP contribution in [0, 0.1) is 11.8 Å². The van der Waals surface area contributed by atoms with Crippen LogP contribution in [0.2, 0.25) is 0 Å². The lowest BCUT2D eigenvalue weighted by molar-refractivity contribution is -0.137. The van der Waals surface area contributed by atoms with E-state index in [1.165, 1.54) is 96.3 Å². The first-order chi connectivity index (χ1) is 12.5. The molecule has 0 aliphatic rings. The Hall–Kier alpha value is -0.530. The maximum Gasteiger partial charge on any atom is 0.303 e. The predicted octanol–water partition coefficient (Wildman–Crippen LogP) is 8.38. The summed E-state index contributed by atoms with van der Waals surface area (Å²) < 4.78 is 0. The molecule has 0 fully saturated rings. The Morgan fingerprint density at radius 3 is 1.35 bits per heavy atom. The standard InChI is InChI=1S/C24H48O2/c1-22(2)18-16-17-20-23(3)19-14-12-10-8-6-4-5-7-9-11-13-15-21-24(25)26/h22-23H,4-21H2,1-3H3,(H,25,26). The highest BCUT2D eigenvalue weighted by atomic mass is 16.4. The van der Waals surface area contributed by atoms with Gasteiger partial charge in [-0.25, -0.2) is 0 Å².